The van der Waals surface area contributed by atoms with E-state index in [2.05, 4.69) is 20.8 Å². The molecule has 0 spiro atoms. The van der Waals surface area contributed by atoms with Crippen LogP contribution in [0.2, 0.25) is 0 Å². The van der Waals surface area contributed by atoms with Crippen LogP contribution in [-0.2, 0) is 16.0 Å². The first-order chi connectivity index (χ1) is 8.71. The van der Waals surface area contributed by atoms with Crippen LogP contribution in [0.1, 0.15) is 19.0 Å². The molecule has 0 aromatic carbocycles. The van der Waals surface area contributed by atoms with Crippen molar-refractivity contribution < 1.29 is 14.7 Å². The fourth-order valence-corrected chi connectivity index (χ4v) is 1.44. The molecule has 0 aliphatic carbocycles. The fraction of sp³-hybridized carbons (Fsp3) is 0.545. The van der Waals surface area contributed by atoms with E-state index in [4.69, 9.17) is 5.11 Å². The van der Waals surface area contributed by atoms with E-state index in [1.54, 1.807) is 13.1 Å². The van der Waals surface area contributed by atoms with Crippen molar-refractivity contribution in [2.24, 2.45) is 0 Å². The maximum absolute atomic E-state index is 11.7. The minimum atomic E-state index is -0.723. The van der Waals surface area contributed by atoms with Crippen molar-refractivity contribution >= 4 is 12.1 Å². The van der Waals surface area contributed by atoms with E-state index in [9.17, 15) is 9.59 Å². The predicted octanol–water partition coefficient (Wildman–Crippen LogP) is -1.05. The Balaban J connectivity index is 2.55. The molecule has 1 rings (SSSR count). The van der Waals surface area contributed by atoms with Crippen LogP contribution in [-0.4, -0.2) is 45.8 Å². The smallest absolute Gasteiger partial charge is 0.151 e. The van der Waals surface area contributed by atoms with Gasteiger partial charge in [-0.1, -0.05) is 6.92 Å². The van der Waals surface area contributed by atoms with Crippen LogP contribution in [0.3, 0.4) is 0 Å². The number of carbonyl (C=O) groups excluding carboxylic acids is 2. The first-order valence-electron chi connectivity index (χ1n) is 5.78. The van der Waals surface area contributed by atoms with Crippen LogP contribution in [0.5, 0.6) is 0 Å². The second-order valence-corrected chi connectivity index (χ2v) is 3.87. The van der Waals surface area contributed by atoms with Gasteiger partial charge in [0, 0.05) is 24.7 Å². The second kappa shape index (κ2) is 7.70. The molecule has 1 aromatic rings. The third kappa shape index (κ3) is 4.36. The Kier molecular flexibility index (Phi) is 6.20. The van der Waals surface area contributed by atoms with E-state index in [1.165, 1.54) is 6.33 Å². The number of carbonyl (C=O) groups is 2. The number of aliphatic hydroxyl groups excluding tert-OH is 1. The minimum absolute atomic E-state index is 0.0136. The highest BCUT2D eigenvalue weighted by Crippen LogP contribution is 2.01. The predicted molar refractivity (Wildman–Crippen MR) is 64.6 cm³/mol. The summed E-state index contributed by atoms with van der Waals surface area (Å²) in [5.41, 5.74) is 6.22. The molecule has 0 fully saturated rings. The normalized spacial score (nSPS) is 14.1. The Labute approximate surface area is 105 Å². The number of nitrogens with zero attached hydrogens (tertiary/aromatic N) is 1. The number of imidazole rings is 1. The Morgan fingerprint density at radius 3 is 2.89 bits per heavy atom. The van der Waals surface area contributed by atoms with Crippen molar-refractivity contribution in [2.45, 2.75) is 31.8 Å². The van der Waals surface area contributed by atoms with Gasteiger partial charge in [-0.3, -0.25) is 4.79 Å². The molecule has 0 aliphatic heterocycles. The topological polar surface area (TPSA) is 107 Å². The van der Waals surface area contributed by atoms with Crippen LogP contribution in [0.15, 0.2) is 12.5 Å². The number of Topliss-reactive ketones (excluding diaryl/α,β-unsaturated/α-hetero) is 1. The number of aliphatic hydroxyl groups is 1. The Bertz CT molecular complexity index is 366. The molecular formula is C11H18N4O3. The molecule has 0 amide bonds. The van der Waals surface area contributed by atoms with E-state index >= 15 is 0 Å². The average Bonchev–Trinajstić information content (AvgIpc) is 2.90. The fourth-order valence-electron chi connectivity index (χ4n) is 1.44. The average molecular weight is 254 g/mol. The maximum atomic E-state index is 11.7. The number of aldehydes is 1. The van der Waals surface area contributed by atoms with Crippen LogP contribution in [0.25, 0.3) is 0 Å². The van der Waals surface area contributed by atoms with E-state index < -0.39 is 12.1 Å². The lowest BCUT2D eigenvalue weighted by atomic mass is 10.1. The van der Waals surface area contributed by atoms with Crippen LogP contribution in [0, 0.1) is 0 Å². The molecular weight excluding hydrogens is 236 g/mol. The lowest BCUT2D eigenvalue weighted by Gasteiger charge is -2.19. The summed E-state index contributed by atoms with van der Waals surface area (Å²) in [6.07, 6.45) is 4.59. The number of hydrazine groups is 1. The van der Waals surface area contributed by atoms with Gasteiger partial charge >= 0.3 is 0 Å². The molecule has 2 atom stereocenters. The van der Waals surface area contributed by atoms with Crippen molar-refractivity contribution in [3.63, 3.8) is 0 Å². The molecule has 0 bridgehead atoms. The van der Waals surface area contributed by atoms with Crippen molar-refractivity contribution in [3.05, 3.63) is 18.2 Å². The third-order valence-corrected chi connectivity index (χ3v) is 2.52. The number of rotatable bonds is 9. The number of hydrogen-bond donors (Lipinski definition) is 4. The zero-order valence-corrected chi connectivity index (χ0v) is 10.2. The van der Waals surface area contributed by atoms with Crippen molar-refractivity contribution in [1.29, 1.82) is 0 Å². The van der Waals surface area contributed by atoms with E-state index in [0.29, 0.717) is 19.1 Å². The van der Waals surface area contributed by atoms with Crippen LogP contribution in [0.4, 0.5) is 0 Å². The lowest BCUT2D eigenvalue weighted by Crippen LogP contribution is -2.52. The number of aromatic amines is 1. The summed E-state index contributed by atoms with van der Waals surface area (Å²) in [6, 6.07) is -1.19. The molecule has 1 heterocycles. The van der Waals surface area contributed by atoms with Crippen LogP contribution < -0.4 is 10.9 Å². The summed E-state index contributed by atoms with van der Waals surface area (Å²) in [4.78, 5) is 29.1. The number of ketones is 1. The van der Waals surface area contributed by atoms with E-state index in [-0.39, 0.29) is 12.4 Å². The van der Waals surface area contributed by atoms with Gasteiger partial charge in [-0.25, -0.2) is 15.8 Å². The minimum Gasteiger partial charge on any atom is -0.394 e. The summed E-state index contributed by atoms with van der Waals surface area (Å²) in [5.74, 6) is 0.0136. The molecule has 1 aromatic heterocycles. The SMILES string of the molecule is CCC(=O)[C@H](Cc1cnc[nH]1)NN[C@H](C=O)CO. The van der Waals surface area contributed by atoms with Crippen molar-refractivity contribution in [1.82, 2.24) is 20.8 Å². The molecule has 0 aliphatic rings. The van der Waals surface area contributed by atoms with Crippen LogP contribution >= 0.6 is 0 Å². The number of H-pyrrole nitrogens is 1. The Morgan fingerprint density at radius 1 is 1.61 bits per heavy atom. The quantitative estimate of drug-likeness (QED) is 0.331. The molecule has 0 saturated carbocycles. The molecule has 7 nitrogen and oxygen atoms in total. The lowest BCUT2D eigenvalue weighted by molar-refractivity contribution is -0.121. The molecule has 18 heavy (non-hydrogen) atoms. The van der Waals surface area contributed by atoms with Gasteiger partial charge in [-0.05, 0) is 0 Å². The van der Waals surface area contributed by atoms with Gasteiger partial charge in [-0.2, -0.15) is 0 Å². The van der Waals surface area contributed by atoms with Gasteiger partial charge in [0.1, 0.15) is 6.29 Å². The van der Waals surface area contributed by atoms with Gasteiger partial charge in [0.05, 0.1) is 25.0 Å². The van der Waals surface area contributed by atoms with Gasteiger partial charge in [0.15, 0.2) is 5.78 Å². The second-order valence-electron chi connectivity index (χ2n) is 3.87. The van der Waals surface area contributed by atoms with Crippen molar-refractivity contribution in [2.75, 3.05) is 6.61 Å². The first-order valence-corrected chi connectivity index (χ1v) is 5.78. The summed E-state index contributed by atoms with van der Waals surface area (Å²) >= 11 is 0. The molecule has 0 unspecified atom stereocenters. The Hall–Kier alpha value is -1.57. The van der Waals surface area contributed by atoms with Gasteiger partial charge in [0.25, 0.3) is 0 Å². The first kappa shape index (κ1) is 14.5. The zero-order chi connectivity index (χ0) is 13.4. The monoisotopic (exact) mass is 254 g/mol. The van der Waals surface area contributed by atoms with E-state index in [1.807, 2.05) is 0 Å². The highest BCUT2D eigenvalue weighted by Gasteiger charge is 2.18. The molecule has 0 saturated heterocycles. The van der Waals surface area contributed by atoms with Gasteiger partial charge in [-0.15, -0.1) is 0 Å². The van der Waals surface area contributed by atoms with Gasteiger partial charge in [0.2, 0.25) is 0 Å². The number of hydrogen-bond acceptors (Lipinski definition) is 6. The standard InChI is InChI=1S/C11H18N4O3/c1-2-11(18)10(3-8-4-12-7-13-8)15-14-9(5-16)6-17/h4-5,7,9-10,14-15,17H,2-3,6H2,1H3,(H,12,13)/t9-,10+/m1/s1. The summed E-state index contributed by atoms with van der Waals surface area (Å²) in [7, 11) is 0. The molecule has 7 heteroatoms. The zero-order valence-electron chi connectivity index (χ0n) is 10.2. The summed E-state index contributed by atoms with van der Waals surface area (Å²) < 4.78 is 0. The highest BCUT2D eigenvalue weighted by atomic mass is 16.3. The molecule has 100 valence electrons. The molecule has 4 N–H and O–H groups in total. The summed E-state index contributed by atoms with van der Waals surface area (Å²) in [6.45, 7) is 1.45. The highest BCUT2D eigenvalue weighted by molar-refractivity contribution is 5.83. The van der Waals surface area contributed by atoms with Crippen molar-refractivity contribution in [3.8, 4) is 0 Å². The largest absolute Gasteiger partial charge is 0.394 e. The third-order valence-electron chi connectivity index (χ3n) is 2.52. The Morgan fingerprint density at radius 2 is 2.39 bits per heavy atom. The van der Waals surface area contributed by atoms with Gasteiger partial charge < -0.3 is 14.9 Å². The molecule has 0 radical (unpaired) electrons. The maximum Gasteiger partial charge on any atom is 0.151 e. The number of aromatic nitrogens is 2. The summed E-state index contributed by atoms with van der Waals surface area (Å²) in [5, 5.41) is 8.86. The number of nitrogens with one attached hydrogen (secondary N) is 3. The van der Waals surface area contributed by atoms with E-state index in [0.717, 1.165) is 5.69 Å².